The van der Waals surface area contributed by atoms with Crippen LogP contribution in [0.1, 0.15) is 34.1 Å². The van der Waals surface area contributed by atoms with Gasteiger partial charge in [-0.1, -0.05) is 6.07 Å². The number of thiazole rings is 1. The molecule has 1 aromatic carbocycles. The molecule has 4 nitrogen and oxygen atoms in total. The average molecular weight is 389 g/mol. The second-order valence-corrected chi connectivity index (χ2v) is 8.73. The van der Waals surface area contributed by atoms with E-state index < -0.39 is 10.0 Å². The Morgan fingerprint density at radius 1 is 1.29 bits per heavy atom. The van der Waals surface area contributed by atoms with Crippen LogP contribution in [0.2, 0.25) is 0 Å². The number of sulfonamides is 1. The Morgan fingerprint density at radius 2 is 1.95 bits per heavy atom. The van der Waals surface area contributed by atoms with Crippen LogP contribution in [-0.2, 0) is 10.0 Å². The van der Waals surface area contributed by atoms with Gasteiger partial charge in [0.25, 0.3) is 0 Å². The van der Waals surface area contributed by atoms with Crippen LogP contribution in [0.3, 0.4) is 0 Å². The number of rotatable bonds is 4. The first-order valence-electron chi connectivity index (χ1n) is 6.43. The van der Waals surface area contributed by atoms with Gasteiger partial charge in [-0.15, -0.1) is 11.3 Å². The smallest absolute Gasteiger partial charge is 0.242 e. The number of benzene rings is 1. The molecule has 1 N–H and O–H groups in total. The molecule has 2 rings (SSSR count). The van der Waals surface area contributed by atoms with Crippen molar-refractivity contribution in [3.8, 4) is 0 Å². The molecule has 0 amide bonds. The summed E-state index contributed by atoms with van der Waals surface area (Å²) in [5.41, 5.74) is 1.87. The van der Waals surface area contributed by atoms with Crippen molar-refractivity contribution in [2.45, 2.75) is 38.6 Å². The van der Waals surface area contributed by atoms with Crippen LogP contribution in [0.15, 0.2) is 27.6 Å². The highest BCUT2D eigenvalue weighted by atomic mass is 79.9. The Balaban J connectivity index is 2.31. The van der Waals surface area contributed by atoms with Gasteiger partial charge < -0.3 is 0 Å². The highest BCUT2D eigenvalue weighted by molar-refractivity contribution is 9.10. The zero-order valence-electron chi connectivity index (χ0n) is 12.3. The molecule has 114 valence electrons. The van der Waals surface area contributed by atoms with E-state index in [0.717, 1.165) is 21.1 Å². The van der Waals surface area contributed by atoms with Gasteiger partial charge in [0.15, 0.2) is 0 Å². The number of aromatic nitrogens is 1. The van der Waals surface area contributed by atoms with Crippen LogP contribution in [0, 0.1) is 20.8 Å². The molecular formula is C14H17BrN2O2S2. The lowest BCUT2D eigenvalue weighted by molar-refractivity contribution is 0.567. The molecule has 0 radical (unpaired) electrons. The van der Waals surface area contributed by atoms with Gasteiger partial charge >= 0.3 is 0 Å². The minimum Gasteiger partial charge on any atom is -0.247 e. The van der Waals surface area contributed by atoms with Gasteiger partial charge in [0, 0.05) is 9.35 Å². The largest absolute Gasteiger partial charge is 0.247 e. The van der Waals surface area contributed by atoms with Gasteiger partial charge in [0.05, 0.1) is 21.6 Å². The van der Waals surface area contributed by atoms with E-state index in [0.29, 0.717) is 4.47 Å². The first-order valence-corrected chi connectivity index (χ1v) is 9.52. The Kier molecular flexibility index (Phi) is 4.87. The van der Waals surface area contributed by atoms with E-state index in [4.69, 9.17) is 0 Å². The standard InChI is InChI=1S/C14H17BrN2O2S2/c1-8-5-6-13(12(15)7-8)21(18,19)17-10(3)14-9(2)16-11(4)20-14/h5-7,10,17H,1-4H3. The third kappa shape index (κ3) is 3.71. The number of hydrogen-bond donors (Lipinski definition) is 1. The summed E-state index contributed by atoms with van der Waals surface area (Å²) in [6.45, 7) is 7.56. The van der Waals surface area contributed by atoms with Gasteiger partial charge in [-0.3, -0.25) is 0 Å². The van der Waals surface area contributed by atoms with Crippen molar-refractivity contribution in [3.05, 3.63) is 43.8 Å². The van der Waals surface area contributed by atoms with Gasteiger partial charge in [-0.05, 0) is 61.3 Å². The molecule has 0 saturated heterocycles. The summed E-state index contributed by atoms with van der Waals surface area (Å²) in [6.07, 6.45) is 0. The number of nitrogens with zero attached hydrogens (tertiary/aromatic N) is 1. The summed E-state index contributed by atoms with van der Waals surface area (Å²) in [5, 5.41) is 0.935. The monoisotopic (exact) mass is 388 g/mol. The zero-order chi connectivity index (χ0) is 15.8. The predicted molar refractivity (Wildman–Crippen MR) is 89.2 cm³/mol. The summed E-state index contributed by atoms with van der Waals surface area (Å²) in [5.74, 6) is 0. The van der Waals surface area contributed by atoms with Gasteiger partial charge in [0.2, 0.25) is 10.0 Å². The molecule has 0 bridgehead atoms. The van der Waals surface area contributed by atoms with Crippen molar-refractivity contribution < 1.29 is 8.42 Å². The molecule has 2 aromatic rings. The Hall–Kier alpha value is -0.760. The van der Waals surface area contributed by atoms with Crippen LogP contribution in [-0.4, -0.2) is 13.4 Å². The van der Waals surface area contributed by atoms with Gasteiger partial charge in [-0.2, -0.15) is 0 Å². The minimum absolute atomic E-state index is 0.249. The maximum atomic E-state index is 12.5. The Morgan fingerprint density at radius 3 is 2.48 bits per heavy atom. The Labute approximate surface area is 137 Å². The van der Waals surface area contributed by atoms with E-state index in [1.54, 1.807) is 18.2 Å². The third-order valence-corrected chi connectivity index (χ3v) is 6.81. The summed E-state index contributed by atoms with van der Waals surface area (Å²) < 4.78 is 28.3. The second kappa shape index (κ2) is 6.16. The minimum atomic E-state index is -3.58. The molecule has 0 aliphatic heterocycles. The lowest BCUT2D eigenvalue weighted by Gasteiger charge is -2.14. The molecule has 7 heteroatoms. The summed E-state index contributed by atoms with van der Waals surface area (Å²) in [4.78, 5) is 5.53. The topological polar surface area (TPSA) is 59.1 Å². The van der Waals surface area contributed by atoms with E-state index >= 15 is 0 Å². The number of aryl methyl sites for hydroxylation is 3. The predicted octanol–water partition coefficient (Wildman–Crippen LogP) is 3.87. The molecule has 0 aliphatic rings. The fraction of sp³-hybridized carbons (Fsp3) is 0.357. The van der Waals surface area contributed by atoms with Gasteiger partial charge in [-0.25, -0.2) is 18.1 Å². The highest BCUT2D eigenvalue weighted by Gasteiger charge is 2.23. The summed E-state index contributed by atoms with van der Waals surface area (Å²) >= 11 is 4.83. The van der Waals surface area contributed by atoms with Crippen LogP contribution >= 0.6 is 27.3 Å². The average Bonchev–Trinajstić information content (AvgIpc) is 2.67. The maximum Gasteiger partial charge on any atom is 0.242 e. The molecule has 1 unspecified atom stereocenters. The van der Waals surface area contributed by atoms with E-state index in [1.807, 2.05) is 27.7 Å². The van der Waals surface area contributed by atoms with Crippen molar-refractivity contribution in [2.75, 3.05) is 0 Å². The van der Waals surface area contributed by atoms with Crippen molar-refractivity contribution in [1.29, 1.82) is 0 Å². The van der Waals surface area contributed by atoms with Crippen molar-refractivity contribution in [2.24, 2.45) is 0 Å². The molecule has 0 fully saturated rings. The molecule has 0 spiro atoms. The first kappa shape index (κ1) is 16.6. The molecular weight excluding hydrogens is 372 g/mol. The molecule has 0 saturated carbocycles. The van der Waals surface area contributed by atoms with Crippen molar-refractivity contribution in [3.63, 3.8) is 0 Å². The first-order chi connectivity index (χ1) is 9.70. The highest BCUT2D eigenvalue weighted by Crippen LogP contribution is 2.28. The summed E-state index contributed by atoms with van der Waals surface area (Å²) in [7, 11) is -3.58. The SMILES string of the molecule is Cc1ccc(S(=O)(=O)NC(C)c2sc(C)nc2C)c(Br)c1. The number of hydrogen-bond acceptors (Lipinski definition) is 4. The molecule has 0 aliphatic carbocycles. The maximum absolute atomic E-state index is 12.5. The quantitative estimate of drug-likeness (QED) is 0.864. The lowest BCUT2D eigenvalue weighted by atomic mass is 10.2. The zero-order valence-corrected chi connectivity index (χ0v) is 15.5. The second-order valence-electron chi connectivity index (χ2n) is 4.96. The van der Waals surface area contributed by atoms with Crippen molar-refractivity contribution in [1.82, 2.24) is 9.71 Å². The van der Waals surface area contributed by atoms with Crippen LogP contribution in [0.5, 0.6) is 0 Å². The van der Waals surface area contributed by atoms with Gasteiger partial charge in [0.1, 0.15) is 0 Å². The van der Waals surface area contributed by atoms with E-state index in [2.05, 4.69) is 25.6 Å². The van der Waals surface area contributed by atoms with Crippen LogP contribution in [0.4, 0.5) is 0 Å². The fourth-order valence-corrected chi connectivity index (χ4v) is 5.53. The van der Waals surface area contributed by atoms with E-state index in [1.165, 1.54) is 11.3 Å². The number of nitrogens with one attached hydrogen (secondary N) is 1. The third-order valence-electron chi connectivity index (χ3n) is 3.04. The fourth-order valence-electron chi connectivity index (χ4n) is 2.12. The molecule has 1 aromatic heterocycles. The van der Waals surface area contributed by atoms with E-state index in [9.17, 15) is 8.42 Å². The molecule has 21 heavy (non-hydrogen) atoms. The van der Waals surface area contributed by atoms with Crippen molar-refractivity contribution >= 4 is 37.3 Å². The lowest BCUT2D eigenvalue weighted by Crippen LogP contribution is -2.27. The summed E-state index contributed by atoms with van der Waals surface area (Å²) in [6, 6.07) is 4.88. The molecule has 1 atom stereocenters. The van der Waals surface area contributed by atoms with Crippen LogP contribution in [0.25, 0.3) is 0 Å². The molecule has 1 heterocycles. The number of halogens is 1. The van der Waals surface area contributed by atoms with Crippen LogP contribution < -0.4 is 4.72 Å². The Bertz CT molecular complexity index is 769. The van der Waals surface area contributed by atoms with E-state index in [-0.39, 0.29) is 10.9 Å². The normalized spacial score (nSPS) is 13.4.